The van der Waals surface area contributed by atoms with Crippen LogP contribution in [0.15, 0.2) is 53.7 Å². The van der Waals surface area contributed by atoms with Crippen LogP contribution in [-0.2, 0) is 19.5 Å². The van der Waals surface area contributed by atoms with E-state index in [1.54, 1.807) is 0 Å². The second-order valence-electron chi connectivity index (χ2n) is 5.78. The lowest BCUT2D eigenvalue weighted by Gasteiger charge is -2.26. The number of benzene rings is 1. The highest BCUT2D eigenvalue weighted by Crippen LogP contribution is 2.18. The molecule has 9 heteroatoms. The number of morpholine rings is 1. The first-order valence-corrected chi connectivity index (χ1v) is 9.71. The van der Waals surface area contributed by atoms with E-state index in [0.717, 1.165) is 0 Å². The molecule has 0 saturated carbocycles. The highest BCUT2D eigenvalue weighted by molar-refractivity contribution is 7.89. The van der Waals surface area contributed by atoms with Crippen molar-refractivity contribution in [3.8, 4) is 0 Å². The third-order valence-corrected chi connectivity index (χ3v) is 5.95. The molecule has 1 aromatic heterocycles. The standard InChI is InChI=1S/C18H18N2O6S/c21-17(13-26-18(22)15-5-7-19-8-6-15)14-1-3-16(4-2-14)27(23,24)20-9-11-25-12-10-20/h1-8H,9-13H2. The number of Topliss-reactive ketones (excluding diaryl/α,β-unsaturated/α-hetero) is 1. The van der Waals surface area contributed by atoms with Gasteiger partial charge in [0.25, 0.3) is 0 Å². The minimum Gasteiger partial charge on any atom is -0.454 e. The first-order valence-electron chi connectivity index (χ1n) is 8.27. The summed E-state index contributed by atoms with van der Waals surface area (Å²) in [5, 5.41) is 0. The van der Waals surface area contributed by atoms with Gasteiger partial charge in [-0.3, -0.25) is 9.78 Å². The van der Waals surface area contributed by atoms with Crippen LogP contribution in [0.5, 0.6) is 0 Å². The van der Waals surface area contributed by atoms with Gasteiger partial charge < -0.3 is 9.47 Å². The average molecular weight is 390 g/mol. The van der Waals surface area contributed by atoms with Crippen LogP contribution in [0.1, 0.15) is 20.7 Å². The zero-order chi connectivity index (χ0) is 19.3. The topological polar surface area (TPSA) is 103 Å². The second kappa shape index (κ2) is 8.38. The number of aromatic nitrogens is 1. The van der Waals surface area contributed by atoms with Crippen molar-refractivity contribution in [2.45, 2.75) is 4.90 Å². The molecule has 0 N–H and O–H groups in total. The maximum absolute atomic E-state index is 12.6. The van der Waals surface area contributed by atoms with E-state index in [-0.39, 0.29) is 10.5 Å². The molecule has 2 aromatic rings. The van der Waals surface area contributed by atoms with Crippen molar-refractivity contribution in [1.29, 1.82) is 0 Å². The summed E-state index contributed by atoms with van der Waals surface area (Å²) in [6.07, 6.45) is 2.90. The SMILES string of the molecule is O=C(COC(=O)c1ccncc1)c1ccc(S(=O)(=O)N2CCOCC2)cc1. The molecule has 0 aliphatic carbocycles. The van der Waals surface area contributed by atoms with Crippen LogP contribution in [-0.4, -0.2) is 62.4 Å². The van der Waals surface area contributed by atoms with E-state index < -0.39 is 28.4 Å². The summed E-state index contributed by atoms with van der Waals surface area (Å²) in [7, 11) is -3.62. The largest absolute Gasteiger partial charge is 0.454 e. The first-order chi connectivity index (χ1) is 13.0. The molecule has 27 heavy (non-hydrogen) atoms. The summed E-state index contributed by atoms with van der Waals surface area (Å²) in [6.45, 7) is 0.885. The third kappa shape index (κ3) is 4.57. The summed E-state index contributed by atoms with van der Waals surface area (Å²) < 4.78 is 36.6. The lowest BCUT2D eigenvalue weighted by atomic mass is 10.1. The molecule has 0 unspecified atom stereocenters. The number of rotatable bonds is 6. The monoisotopic (exact) mass is 390 g/mol. The van der Waals surface area contributed by atoms with E-state index in [4.69, 9.17) is 9.47 Å². The predicted molar refractivity (Wildman–Crippen MR) is 94.9 cm³/mol. The van der Waals surface area contributed by atoms with Crippen molar-refractivity contribution in [2.75, 3.05) is 32.9 Å². The summed E-state index contributed by atoms with van der Waals surface area (Å²) in [4.78, 5) is 27.9. The number of ketones is 1. The maximum atomic E-state index is 12.6. The predicted octanol–water partition coefficient (Wildman–Crippen LogP) is 1.14. The zero-order valence-electron chi connectivity index (χ0n) is 14.4. The minimum absolute atomic E-state index is 0.106. The van der Waals surface area contributed by atoms with E-state index in [2.05, 4.69) is 4.98 Å². The number of carbonyl (C=O) groups excluding carboxylic acids is 2. The lowest BCUT2D eigenvalue weighted by Crippen LogP contribution is -2.40. The Kier molecular flexibility index (Phi) is 5.94. The van der Waals surface area contributed by atoms with Crippen LogP contribution < -0.4 is 0 Å². The summed E-state index contributed by atoms with van der Waals surface area (Å²) in [5.74, 6) is -1.05. The van der Waals surface area contributed by atoms with Crippen LogP contribution >= 0.6 is 0 Å². The Labute approximate surface area is 156 Å². The van der Waals surface area contributed by atoms with Crippen LogP contribution in [0.25, 0.3) is 0 Å². The Balaban J connectivity index is 1.62. The number of ether oxygens (including phenoxy) is 2. The zero-order valence-corrected chi connectivity index (χ0v) is 15.2. The number of nitrogens with zero attached hydrogens (tertiary/aromatic N) is 2. The van der Waals surface area contributed by atoms with Gasteiger partial charge in [-0.15, -0.1) is 0 Å². The molecule has 3 rings (SSSR count). The molecule has 2 heterocycles. The van der Waals surface area contributed by atoms with E-state index in [1.807, 2.05) is 0 Å². The maximum Gasteiger partial charge on any atom is 0.338 e. The normalized spacial score (nSPS) is 15.3. The molecule has 0 spiro atoms. The number of pyridine rings is 1. The highest BCUT2D eigenvalue weighted by Gasteiger charge is 2.26. The second-order valence-corrected chi connectivity index (χ2v) is 7.71. The molecule has 0 amide bonds. The van der Waals surface area contributed by atoms with Gasteiger partial charge in [-0.1, -0.05) is 0 Å². The molecule has 1 saturated heterocycles. The van der Waals surface area contributed by atoms with Crippen LogP contribution in [0.3, 0.4) is 0 Å². The number of hydrogen-bond donors (Lipinski definition) is 0. The van der Waals surface area contributed by atoms with E-state index in [1.165, 1.54) is 53.1 Å². The quantitative estimate of drug-likeness (QED) is 0.538. The van der Waals surface area contributed by atoms with Gasteiger partial charge in [0.05, 0.1) is 23.7 Å². The van der Waals surface area contributed by atoms with Gasteiger partial charge in [0, 0.05) is 31.0 Å². The Morgan fingerprint density at radius 2 is 1.63 bits per heavy atom. The van der Waals surface area contributed by atoms with Gasteiger partial charge in [0.1, 0.15) is 0 Å². The highest BCUT2D eigenvalue weighted by atomic mass is 32.2. The van der Waals surface area contributed by atoms with Crippen molar-refractivity contribution < 1.29 is 27.5 Å². The van der Waals surface area contributed by atoms with Gasteiger partial charge in [-0.05, 0) is 36.4 Å². The van der Waals surface area contributed by atoms with Crippen molar-refractivity contribution in [3.05, 3.63) is 59.9 Å². The van der Waals surface area contributed by atoms with Crippen LogP contribution in [0, 0.1) is 0 Å². The summed E-state index contributed by atoms with van der Waals surface area (Å²) >= 11 is 0. The van der Waals surface area contributed by atoms with Crippen molar-refractivity contribution in [2.24, 2.45) is 0 Å². The van der Waals surface area contributed by atoms with Crippen LogP contribution in [0.2, 0.25) is 0 Å². The molecule has 8 nitrogen and oxygen atoms in total. The summed E-state index contributed by atoms with van der Waals surface area (Å²) in [6, 6.07) is 8.55. The van der Waals surface area contributed by atoms with Crippen molar-refractivity contribution in [1.82, 2.24) is 9.29 Å². The Bertz CT molecular complexity index is 907. The van der Waals surface area contributed by atoms with Gasteiger partial charge in [-0.25, -0.2) is 13.2 Å². The molecule has 0 bridgehead atoms. The fraction of sp³-hybridized carbons (Fsp3) is 0.278. The van der Waals surface area contributed by atoms with Gasteiger partial charge in [0.2, 0.25) is 10.0 Å². The minimum atomic E-state index is -3.62. The van der Waals surface area contributed by atoms with Crippen LogP contribution in [0.4, 0.5) is 0 Å². The number of carbonyl (C=O) groups is 2. The number of hydrogen-bond acceptors (Lipinski definition) is 7. The Morgan fingerprint density at radius 3 is 2.26 bits per heavy atom. The van der Waals surface area contributed by atoms with E-state index in [0.29, 0.717) is 31.9 Å². The molecule has 1 aliphatic heterocycles. The molecular formula is C18H18N2O6S. The Hall–Kier alpha value is -2.62. The van der Waals surface area contributed by atoms with Crippen molar-refractivity contribution >= 4 is 21.8 Å². The lowest BCUT2D eigenvalue weighted by molar-refractivity contribution is 0.0474. The fourth-order valence-electron chi connectivity index (χ4n) is 2.53. The first kappa shape index (κ1) is 19.2. The molecule has 1 aliphatic rings. The molecular weight excluding hydrogens is 372 g/mol. The van der Waals surface area contributed by atoms with E-state index >= 15 is 0 Å². The Morgan fingerprint density at radius 1 is 1.00 bits per heavy atom. The molecule has 142 valence electrons. The molecule has 0 radical (unpaired) electrons. The smallest absolute Gasteiger partial charge is 0.338 e. The van der Waals surface area contributed by atoms with Crippen molar-refractivity contribution in [3.63, 3.8) is 0 Å². The van der Waals surface area contributed by atoms with Gasteiger partial charge in [-0.2, -0.15) is 4.31 Å². The molecule has 1 aromatic carbocycles. The fourth-order valence-corrected chi connectivity index (χ4v) is 3.94. The number of sulfonamides is 1. The molecule has 0 atom stereocenters. The average Bonchev–Trinajstić information content (AvgIpc) is 2.73. The molecule has 1 fully saturated rings. The van der Waals surface area contributed by atoms with E-state index in [9.17, 15) is 18.0 Å². The van der Waals surface area contributed by atoms with Gasteiger partial charge >= 0.3 is 5.97 Å². The number of esters is 1. The van der Waals surface area contributed by atoms with Gasteiger partial charge in [0.15, 0.2) is 12.4 Å². The third-order valence-electron chi connectivity index (χ3n) is 4.03. The summed E-state index contributed by atoms with van der Waals surface area (Å²) in [5.41, 5.74) is 0.559.